The standard InChI is InChI=1S/C24H29F4N3O7/c1-11(2)20(31-24(37)23(36)29-12-6-4-3-5-7-12)22(35)30-15(9-17(33)34)16(32)10-38-21-18(27)13(25)8-14(26)19(21)28/h8,11-12,15,20H,3-7,9-10H2,1-2H3,(H,29,36)(H,30,35)(H,31,37)(H,33,34)/t15-,20-/m0/s1. The molecule has 210 valence electrons. The number of carboxylic acid groups (broad SMARTS) is 1. The van der Waals surface area contributed by atoms with Crippen LogP contribution in [0.1, 0.15) is 52.4 Å². The highest BCUT2D eigenvalue weighted by Gasteiger charge is 2.32. The van der Waals surface area contributed by atoms with Crippen molar-refractivity contribution >= 4 is 29.5 Å². The second-order valence-electron chi connectivity index (χ2n) is 9.21. The average molecular weight is 548 g/mol. The molecule has 0 unspecified atom stereocenters. The van der Waals surface area contributed by atoms with Gasteiger partial charge in [0.2, 0.25) is 17.5 Å². The Bertz CT molecular complexity index is 1050. The fourth-order valence-corrected chi connectivity index (χ4v) is 3.84. The van der Waals surface area contributed by atoms with Crippen LogP contribution >= 0.6 is 0 Å². The molecule has 0 aliphatic heterocycles. The van der Waals surface area contributed by atoms with E-state index in [9.17, 15) is 41.5 Å². The van der Waals surface area contributed by atoms with Crippen molar-refractivity contribution in [3.05, 3.63) is 29.3 Å². The smallest absolute Gasteiger partial charge is 0.309 e. The summed E-state index contributed by atoms with van der Waals surface area (Å²) in [6, 6.07) is -3.41. The third-order valence-corrected chi connectivity index (χ3v) is 5.90. The molecule has 3 amide bonds. The fraction of sp³-hybridized carbons (Fsp3) is 0.542. The van der Waals surface area contributed by atoms with E-state index >= 15 is 0 Å². The molecule has 1 aromatic carbocycles. The summed E-state index contributed by atoms with van der Waals surface area (Å²) in [6.07, 6.45) is 3.27. The zero-order valence-electron chi connectivity index (χ0n) is 20.7. The minimum Gasteiger partial charge on any atom is -0.481 e. The van der Waals surface area contributed by atoms with E-state index in [4.69, 9.17) is 5.11 Å². The Balaban J connectivity index is 2.08. The van der Waals surface area contributed by atoms with Crippen LogP contribution in [-0.2, 0) is 24.0 Å². The molecule has 0 spiro atoms. The number of Topliss-reactive ketones (excluding diaryl/α,β-unsaturated/α-hetero) is 1. The second-order valence-corrected chi connectivity index (χ2v) is 9.21. The molecule has 0 heterocycles. The molecule has 0 aromatic heterocycles. The van der Waals surface area contributed by atoms with Crippen molar-refractivity contribution < 1.29 is 51.4 Å². The van der Waals surface area contributed by atoms with E-state index in [1.165, 1.54) is 13.8 Å². The molecule has 1 aliphatic rings. The lowest BCUT2D eigenvalue weighted by atomic mass is 9.95. The van der Waals surface area contributed by atoms with Gasteiger partial charge < -0.3 is 25.8 Å². The summed E-state index contributed by atoms with van der Waals surface area (Å²) in [5.41, 5.74) is 0. The first kappa shape index (κ1) is 30.5. The fourth-order valence-electron chi connectivity index (χ4n) is 3.84. The highest BCUT2D eigenvalue weighted by atomic mass is 19.2. The molecule has 1 fully saturated rings. The molecule has 4 N–H and O–H groups in total. The lowest BCUT2D eigenvalue weighted by Crippen LogP contribution is -2.57. The number of ether oxygens (including phenoxy) is 1. The van der Waals surface area contributed by atoms with Gasteiger partial charge in [0.15, 0.2) is 23.2 Å². The van der Waals surface area contributed by atoms with Crippen LogP contribution in [0.15, 0.2) is 6.07 Å². The van der Waals surface area contributed by atoms with Gasteiger partial charge >= 0.3 is 17.8 Å². The summed E-state index contributed by atoms with van der Waals surface area (Å²) in [6.45, 7) is 1.78. The molecule has 1 aliphatic carbocycles. The zero-order chi connectivity index (χ0) is 28.6. The molecule has 14 heteroatoms. The normalized spacial score (nSPS) is 15.3. The Kier molecular flexibility index (Phi) is 11.0. The molecule has 0 saturated heterocycles. The van der Waals surface area contributed by atoms with Gasteiger partial charge in [-0.05, 0) is 18.8 Å². The molecule has 1 saturated carbocycles. The number of carbonyl (C=O) groups is 5. The maximum atomic E-state index is 13.8. The predicted molar refractivity (Wildman–Crippen MR) is 123 cm³/mol. The van der Waals surface area contributed by atoms with E-state index in [1.807, 2.05) is 0 Å². The molecule has 0 bridgehead atoms. The van der Waals surface area contributed by atoms with Crippen LogP contribution < -0.4 is 20.7 Å². The van der Waals surface area contributed by atoms with Gasteiger partial charge in [-0.15, -0.1) is 0 Å². The van der Waals surface area contributed by atoms with Crippen LogP contribution in [0.25, 0.3) is 0 Å². The van der Waals surface area contributed by atoms with Gasteiger partial charge in [0.25, 0.3) is 0 Å². The van der Waals surface area contributed by atoms with Gasteiger partial charge in [0.1, 0.15) is 18.7 Å². The average Bonchev–Trinajstić information content (AvgIpc) is 2.85. The number of hydrogen-bond donors (Lipinski definition) is 4. The van der Waals surface area contributed by atoms with Crippen LogP contribution in [0.4, 0.5) is 17.6 Å². The van der Waals surface area contributed by atoms with Crippen LogP contribution in [0.2, 0.25) is 0 Å². The van der Waals surface area contributed by atoms with Crippen molar-refractivity contribution in [2.24, 2.45) is 5.92 Å². The monoisotopic (exact) mass is 547 g/mol. The molecular weight excluding hydrogens is 518 g/mol. The topological polar surface area (TPSA) is 151 Å². The minimum atomic E-state index is -1.91. The minimum absolute atomic E-state index is 0.0669. The number of rotatable bonds is 11. The van der Waals surface area contributed by atoms with E-state index in [0.717, 1.165) is 19.3 Å². The quantitative estimate of drug-likeness (QED) is 0.187. The lowest BCUT2D eigenvalue weighted by molar-refractivity contribution is -0.142. The maximum absolute atomic E-state index is 13.8. The van der Waals surface area contributed by atoms with Crippen molar-refractivity contribution in [3.63, 3.8) is 0 Å². The van der Waals surface area contributed by atoms with E-state index in [0.29, 0.717) is 12.8 Å². The van der Waals surface area contributed by atoms with Crippen molar-refractivity contribution in [2.75, 3.05) is 6.61 Å². The highest BCUT2D eigenvalue weighted by molar-refractivity contribution is 6.35. The van der Waals surface area contributed by atoms with Crippen LogP contribution in [0.3, 0.4) is 0 Å². The molecule has 1 aromatic rings. The Labute approximate surface area is 215 Å². The lowest BCUT2D eigenvalue weighted by Gasteiger charge is -2.25. The summed E-state index contributed by atoms with van der Waals surface area (Å²) < 4.78 is 58.9. The number of aliphatic carboxylic acids is 1. The second kappa shape index (κ2) is 13.7. The maximum Gasteiger partial charge on any atom is 0.309 e. The highest BCUT2D eigenvalue weighted by Crippen LogP contribution is 2.26. The van der Waals surface area contributed by atoms with Crippen LogP contribution in [-0.4, -0.2) is 59.3 Å². The Hall–Kier alpha value is -3.71. The van der Waals surface area contributed by atoms with Crippen LogP contribution in [0.5, 0.6) is 5.75 Å². The van der Waals surface area contributed by atoms with E-state index in [-0.39, 0.29) is 12.1 Å². The first-order valence-corrected chi connectivity index (χ1v) is 11.9. The number of ketones is 1. The van der Waals surface area contributed by atoms with Gasteiger partial charge in [-0.1, -0.05) is 33.1 Å². The zero-order valence-corrected chi connectivity index (χ0v) is 20.7. The van der Waals surface area contributed by atoms with Gasteiger partial charge in [0, 0.05) is 12.1 Å². The van der Waals surface area contributed by atoms with Crippen LogP contribution in [0, 0.1) is 29.2 Å². The predicted octanol–water partition coefficient (Wildman–Crippen LogP) is 1.74. The van der Waals surface area contributed by atoms with Crippen molar-refractivity contribution in [1.29, 1.82) is 0 Å². The van der Waals surface area contributed by atoms with Gasteiger partial charge in [-0.2, -0.15) is 8.78 Å². The first-order valence-electron chi connectivity index (χ1n) is 11.9. The Morgan fingerprint density at radius 2 is 1.53 bits per heavy atom. The van der Waals surface area contributed by atoms with E-state index < -0.39 is 89.5 Å². The number of nitrogens with one attached hydrogen (secondary N) is 3. The van der Waals surface area contributed by atoms with Crippen molar-refractivity contribution in [2.45, 2.75) is 70.5 Å². The van der Waals surface area contributed by atoms with Gasteiger partial charge in [-0.25, -0.2) is 8.78 Å². The first-order chi connectivity index (χ1) is 17.8. The molecule has 0 radical (unpaired) electrons. The van der Waals surface area contributed by atoms with E-state index in [1.54, 1.807) is 0 Å². The molecule has 10 nitrogen and oxygen atoms in total. The largest absolute Gasteiger partial charge is 0.481 e. The summed E-state index contributed by atoms with van der Waals surface area (Å²) in [5, 5.41) is 16.1. The third-order valence-electron chi connectivity index (χ3n) is 5.90. The Morgan fingerprint density at radius 3 is 2.05 bits per heavy atom. The number of carbonyl (C=O) groups excluding carboxylic acids is 4. The summed E-state index contributed by atoms with van der Waals surface area (Å²) >= 11 is 0. The summed E-state index contributed by atoms with van der Waals surface area (Å²) in [7, 11) is 0. The third kappa shape index (κ3) is 8.42. The van der Waals surface area contributed by atoms with Gasteiger partial charge in [0.05, 0.1) is 6.42 Å². The number of hydrogen-bond acceptors (Lipinski definition) is 6. The van der Waals surface area contributed by atoms with E-state index in [2.05, 4.69) is 20.7 Å². The summed E-state index contributed by atoms with van der Waals surface area (Å²) in [5.74, 6) is -15.4. The SMILES string of the molecule is CC(C)[C@H](NC(=O)C(=O)NC1CCCCC1)C(=O)N[C@@H](CC(=O)O)C(=O)COc1c(F)c(F)cc(F)c1F. The van der Waals surface area contributed by atoms with Gasteiger partial charge in [-0.3, -0.25) is 24.0 Å². The van der Waals surface area contributed by atoms with Crippen molar-refractivity contribution in [3.8, 4) is 5.75 Å². The molecule has 2 atom stereocenters. The summed E-state index contributed by atoms with van der Waals surface area (Å²) in [4.78, 5) is 61.3. The Morgan fingerprint density at radius 1 is 0.947 bits per heavy atom. The number of carboxylic acids is 1. The number of benzene rings is 1. The number of amides is 3. The molecule has 2 rings (SSSR count). The van der Waals surface area contributed by atoms with Crippen molar-refractivity contribution in [1.82, 2.24) is 16.0 Å². The number of halogens is 4. The molecule has 38 heavy (non-hydrogen) atoms. The molecular formula is C24H29F4N3O7.